The number of hydrogen-bond acceptors (Lipinski definition) is 9. The highest BCUT2D eigenvalue weighted by atomic mass is 16.5. The lowest BCUT2D eigenvalue weighted by atomic mass is 10.2. The number of azo groups is 2. The van der Waals surface area contributed by atoms with Gasteiger partial charge in [-0.15, -0.1) is 10.2 Å². The fourth-order valence-corrected chi connectivity index (χ4v) is 3.25. The van der Waals surface area contributed by atoms with E-state index in [1.165, 1.54) is 0 Å². The lowest BCUT2D eigenvalue weighted by Crippen LogP contribution is -2.18. The molecular weight excluding hydrogens is 444 g/mol. The summed E-state index contributed by atoms with van der Waals surface area (Å²) in [6.07, 6.45) is 1.41. The molecule has 0 saturated carbocycles. The predicted molar refractivity (Wildman–Crippen MR) is 138 cm³/mol. The number of carbonyl (C=O) groups is 1. The molecule has 3 rings (SSSR count). The third-order valence-electron chi connectivity index (χ3n) is 5.23. The first-order valence-corrected chi connectivity index (χ1v) is 11.2. The number of nitrogens with two attached hydrogens (primary N) is 1. The third-order valence-corrected chi connectivity index (χ3v) is 5.23. The molecule has 0 aliphatic carbocycles. The first kappa shape index (κ1) is 25.4. The molecular formula is C26H30N6O3. The number of hydrogen-bond donors (Lipinski definition) is 1. The smallest absolute Gasteiger partial charge is 0.148 e. The summed E-state index contributed by atoms with van der Waals surface area (Å²) in [7, 11) is 5.11. The first-order valence-electron chi connectivity index (χ1n) is 11.2. The normalized spacial score (nSPS) is 11.2. The number of rotatable bonds is 11. The second-order valence-corrected chi connectivity index (χ2v) is 7.93. The van der Waals surface area contributed by atoms with Crippen molar-refractivity contribution in [3.8, 4) is 11.5 Å². The molecule has 0 saturated heterocycles. The molecule has 3 aromatic carbocycles. The minimum Gasteiger partial charge on any atom is -0.494 e. The molecule has 2 N–H and O–H groups in total. The Morgan fingerprint density at radius 2 is 1.31 bits per heavy atom. The number of ether oxygens (including phenoxy) is 2. The Balaban J connectivity index is 1.75. The van der Waals surface area contributed by atoms with Gasteiger partial charge in [-0.1, -0.05) is 0 Å². The first-order chi connectivity index (χ1) is 16.9. The van der Waals surface area contributed by atoms with Crippen LogP contribution in [0.25, 0.3) is 0 Å². The van der Waals surface area contributed by atoms with E-state index in [2.05, 4.69) is 25.4 Å². The van der Waals surface area contributed by atoms with Crippen LogP contribution in [0.15, 0.2) is 81.1 Å². The number of nitrogens with zero attached hydrogens (tertiary/aromatic N) is 5. The van der Waals surface area contributed by atoms with Crippen molar-refractivity contribution in [2.24, 2.45) is 20.5 Å². The van der Waals surface area contributed by atoms with Crippen molar-refractivity contribution in [2.45, 2.75) is 19.8 Å². The summed E-state index contributed by atoms with van der Waals surface area (Å²) in [5.74, 6) is 1.18. The van der Waals surface area contributed by atoms with Crippen LogP contribution in [-0.2, 0) is 4.79 Å². The van der Waals surface area contributed by atoms with E-state index in [0.717, 1.165) is 18.7 Å². The van der Waals surface area contributed by atoms with Crippen molar-refractivity contribution in [3.63, 3.8) is 0 Å². The standard InChI is InChI=1S/C26H30N6O3/c1-18(33)6-5-15-32(2)22-13-11-21(12-14-22)29-31-24-17-25(34-3)23(16-26(24)35-4)30-28-20-9-7-19(27)8-10-20/h7-14,16-17H,5-6,15,27H2,1-4H3. The van der Waals surface area contributed by atoms with E-state index in [1.807, 2.05) is 31.3 Å². The molecule has 0 aromatic heterocycles. The van der Waals surface area contributed by atoms with Gasteiger partial charge in [-0.25, -0.2) is 0 Å². The minimum absolute atomic E-state index is 0.208. The van der Waals surface area contributed by atoms with Crippen LogP contribution in [0.1, 0.15) is 19.8 Å². The summed E-state index contributed by atoms with van der Waals surface area (Å²) in [4.78, 5) is 13.2. The quantitative estimate of drug-likeness (QED) is 0.239. The van der Waals surface area contributed by atoms with Gasteiger partial charge in [0, 0.05) is 43.5 Å². The average molecular weight is 475 g/mol. The zero-order valence-electron chi connectivity index (χ0n) is 20.4. The topological polar surface area (TPSA) is 114 Å². The van der Waals surface area contributed by atoms with Crippen LogP contribution in [0.2, 0.25) is 0 Å². The van der Waals surface area contributed by atoms with Crippen LogP contribution >= 0.6 is 0 Å². The maximum Gasteiger partial charge on any atom is 0.148 e. The van der Waals surface area contributed by atoms with E-state index in [0.29, 0.717) is 46.4 Å². The molecule has 0 bridgehead atoms. The lowest BCUT2D eigenvalue weighted by Gasteiger charge is -2.18. The van der Waals surface area contributed by atoms with Crippen molar-refractivity contribution < 1.29 is 14.3 Å². The number of nitrogen functional groups attached to an aromatic ring is 1. The zero-order chi connectivity index (χ0) is 25.2. The van der Waals surface area contributed by atoms with Gasteiger partial charge in [0.1, 0.15) is 28.7 Å². The van der Waals surface area contributed by atoms with Crippen molar-refractivity contribution >= 4 is 39.9 Å². The number of ketones is 1. The number of anilines is 2. The highest BCUT2D eigenvalue weighted by Gasteiger charge is 2.11. The Labute approximate surface area is 205 Å². The molecule has 182 valence electrons. The van der Waals surface area contributed by atoms with Crippen LogP contribution in [0.4, 0.5) is 34.1 Å². The Morgan fingerprint density at radius 3 is 1.77 bits per heavy atom. The van der Waals surface area contributed by atoms with Gasteiger partial charge in [-0.2, -0.15) is 10.2 Å². The Kier molecular flexibility index (Phi) is 8.89. The third kappa shape index (κ3) is 7.36. The monoisotopic (exact) mass is 474 g/mol. The van der Waals surface area contributed by atoms with E-state index in [4.69, 9.17) is 15.2 Å². The van der Waals surface area contributed by atoms with E-state index >= 15 is 0 Å². The van der Waals surface area contributed by atoms with Crippen LogP contribution < -0.4 is 20.1 Å². The van der Waals surface area contributed by atoms with Crippen LogP contribution in [0, 0.1) is 0 Å². The fourth-order valence-electron chi connectivity index (χ4n) is 3.25. The van der Waals surface area contributed by atoms with Crippen molar-refractivity contribution in [3.05, 3.63) is 60.7 Å². The van der Waals surface area contributed by atoms with Crippen LogP contribution in [-0.4, -0.2) is 33.6 Å². The predicted octanol–water partition coefficient (Wildman–Crippen LogP) is 6.92. The average Bonchev–Trinajstić information content (AvgIpc) is 2.87. The highest BCUT2D eigenvalue weighted by Crippen LogP contribution is 2.41. The SMILES string of the molecule is COc1cc(N=Nc2ccc(N(C)CCCC(C)=O)cc2)c(OC)cc1N=Nc1ccc(N)cc1. The molecule has 0 radical (unpaired) electrons. The van der Waals surface area contributed by atoms with Gasteiger partial charge >= 0.3 is 0 Å². The Bertz CT molecular complexity index is 1190. The second kappa shape index (κ2) is 12.3. The molecule has 0 heterocycles. The second-order valence-electron chi connectivity index (χ2n) is 7.93. The molecule has 0 aliphatic rings. The molecule has 35 heavy (non-hydrogen) atoms. The summed E-state index contributed by atoms with van der Waals surface area (Å²) >= 11 is 0. The van der Waals surface area contributed by atoms with Gasteiger partial charge in [0.2, 0.25) is 0 Å². The Hall–Kier alpha value is -4.27. The van der Waals surface area contributed by atoms with Crippen LogP contribution in [0.3, 0.4) is 0 Å². The van der Waals surface area contributed by atoms with Crippen LogP contribution in [0.5, 0.6) is 11.5 Å². The number of Topliss-reactive ketones (excluding diaryl/α,β-unsaturated/α-hetero) is 1. The molecule has 3 aromatic rings. The van der Waals surface area contributed by atoms with E-state index < -0.39 is 0 Å². The largest absolute Gasteiger partial charge is 0.494 e. The highest BCUT2D eigenvalue weighted by molar-refractivity contribution is 5.75. The molecule has 0 fully saturated rings. The summed E-state index contributed by atoms with van der Waals surface area (Å²) < 4.78 is 11.0. The molecule has 0 spiro atoms. The molecule has 0 aliphatic heterocycles. The molecule has 9 heteroatoms. The molecule has 0 unspecified atom stereocenters. The minimum atomic E-state index is 0.208. The van der Waals surface area contributed by atoms with Gasteiger partial charge in [0.15, 0.2) is 0 Å². The molecule has 0 amide bonds. The summed E-state index contributed by atoms with van der Waals surface area (Å²) in [5.41, 5.74) is 9.77. The van der Waals surface area contributed by atoms with E-state index in [9.17, 15) is 4.79 Å². The van der Waals surface area contributed by atoms with E-state index in [-0.39, 0.29) is 5.78 Å². The van der Waals surface area contributed by atoms with Gasteiger partial charge in [-0.3, -0.25) is 0 Å². The maximum atomic E-state index is 11.1. The van der Waals surface area contributed by atoms with Gasteiger partial charge in [0.25, 0.3) is 0 Å². The van der Waals surface area contributed by atoms with Crippen molar-refractivity contribution in [1.29, 1.82) is 0 Å². The van der Waals surface area contributed by atoms with E-state index in [1.54, 1.807) is 57.5 Å². The lowest BCUT2D eigenvalue weighted by molar-refractivity contribution is -0.117. The van der Waals surface area contributed by atoms with Crippen molar-refractivity contribution in [1.82, 2.24) is 0 Å². The Morgan fingerprint density at radius 1 is 0.829 bits per heavy atom. The summed E-state index contributed by atoms with van der Waals surface area (Å²) in [6, 6.07) is 18.2. The van der Waals surface area contributed by atoms with Gasteiger partial charge < -0.3 is 24.9 Å². The fraction of sp³-hybridized carbons (Fsp3) is 0.269. The maximum absolute atomic E-state index is 11.1. The summed E-state index contributed by atoms with van der Waals surface area (Å²) in [5, 5.41) is 17.2. The number of carbonyl (C=O) groups excluding carboxylic acids is 1. The summed E-state index contributed by atoms with van der Waals surface area (Å²) in [6.45, 7) is 2.42. The molecule has 9 nitrogen and oxygen atoms in total. The number of benzene rings is 3. The molecule has 0 atom stereocenters. The van der Waals surface area contributed by atoms with Gasteiger partial charge in [0.05, 0.1) is 25.6 Å². The van der Waals surface area contributed by atoms with Crippen molar-refractivity contribution in [2.75, 3.05) is 38.4 Å². The zero-order valence-corrected chi connectivity index (χ0v) is 20.4. The number of methoxy groups -OCH3 is 2. The van der Waals surface area contributed by atoms with Gasteiger partial charge in [-0.05, 0) is 61.9 Å².